The molecule has 1 aromatic rings. The van der Waals surface area contributed by atoms with E-state index in [1.165, 1.54) is 0 Å². The Morgan fingerprint density at radius 2 is 2.05 bits per heavy atom. The first kappa shape index (κ1) is 14.7. The van der Waals surface area contributed by atoms with E-state index in [2.05, 4.69) is 0 Å². The van der Waals surface area contributed by atoms with Crippen molar-refractivity contribution in [2.24, 2.45) is 0 Å². The van der Waals surface area contributed by atoms with Gasteiger partial charge < -0.3 is 19.1 Å². The first-order valence-corrected chi connectivity index (χ1v) is 6.92. The zero-order valence-electron chi connectivity index (χ0n) is 11.8. The number of ether oxygens (including phenoxy) is 3. The Bertz CT molecular complexity index is 430. The van der Waals surface area contributed by atoms with Gasteiger partial charge in [0.2, 0.25) is 5.91 Å². The van der Waals surface area contributed by atoms with E-state index in [0.717, 1.165) is 11.5 Å². The van der Waals surface area contributed by atoms with Gasteiger partial charge in [0.05, 0.1) is 26.9 Å². The summed E-state index contributed by atoms with van der Waals surface area (Å²) in [4.78, 5) is 13.8. The van der Waals surface area contributed by atoms with E-state index < -0.39 is 0 Å². The summed E-state index contributed by atoms with van der Waals surface area (Å²) in [6.45, 7) is 3.23. The van der Waals surface area contributed by atoms with Crippen LogP contribution in [-0.2, 0) is 9.53 Å². The lowest BCUT2D eigenvalue weighted by molar-refractivity contribution is -0.135. The van der Waals surface area contributed by atoms with E-state index >= 15 is 0 Å². The van der Waals surface area contributed by atoms with Crippen LogP contribution in [0.25, 0.3) is 0 Å². The predicted octanol–water partition coefficient (Wildman–Crippen LogP) is 1.71. The standard InChI is InChI=1S/C15H21NO4/c1-18-13-4-2-5-14(12-13)20-9-3-6-15(17)16-7-10-19-11-8-16/h2,4-5,12H,3,6-11H2,1H3. The number of carbonyl (C=O) groups is 1. The van der Waals surface area contributed by atoms with Crippen LogP contribution in [0.5, 0.6) is 11.5 Å². The number of rotatable bonds is 6. The van der Waals surface area contributed by atoms with Gasteiger partial charge in [-0.2, -0.15) is 0 Å². The molecule has 0 unspecified atom stereocenters. The summed E-state index contributed by atoms with van der Waals surface area (Å²) in [7, 11) is 1.63. The summed E-state index contributed by atoms with van der Waals surface area (Å²) >= 11 is 0. The number of amides is 1. The topological polar surface area (TPSA) is 48.0 Å². The normalized spacial score (nSPS) is 14.9. The average molecular weight is 279 g/mol. The van der Waals surface area contributed by atoms with Gasteiger partial charge in [-0.25, -0.2) is 0 Å². The Morgan fingerprint density at radius 3 is 2.80 bits per heavy atom. The number of carbonyl (C=O) groups excluding carboxylic acids is 1. The van der Waals surface area contributed by atoms with E-state index in [0.29, 0.717) is 45.8 Å². The van der Waals surface area contributed by atoms with E-state index in [4.69, 9.17) is 14.2 Å². The summed E-state index contributed by atoms with van der Waals surface area (Å²) in [6, 6.07) is 7.47. The molecule has 0 spiro atoms. The second-order valence-electron chi connectivity index (χ2n) is 4.62. The van der Waals surface area contributed by atoms with Crippen LogP contribution in [0.4, 0.5) is 0 Å². The van der Waals surface area contributed by atoms with Crippen molar-refractivity contribution < 1.29 is 19.0 Å². The van der Waals surface area contributed by atoms with E-state index in [1.807, 2.05) is 29.2 Å². The molecular formula is C15H21NO4. The summed E-state index contributed by atoms with van der Waals surface area (Å²) < 4.78 is 16.0. The third-order valence-electron chi connectivity index (χ3n) is 3.21. The van der Waals surface area contributed by atoms with Gasteiger partial charge in [0.1, 0.15) is 11.5 Å². The Morgan fingerprint density at radius 1 is 1.30 bits per heavy atom. The summed E-state index contributed by atoms with van der Waals surface area (Å²) in [5.41, 5.74) is 0. The second-order valence-corrected chi connectivity index (χ2v) is 4.62. The highest BCUT2D eigenvalue weighted by molar-refractivity contribution is 5.76. The summed E-state index contributed by atoms with van der Waals surface area (Å²) in [6.07, 6.45) is 1.23. The first-order valence-electron chi connectivity index (χ1n) is 6.92. The molecule has 5 nitrogen and oxygen atoms in total. The van der Waals surface area contributed by atoms with Crippen LogP contribution in [0.2, 0.25) is 0 Å². The molecule has 0 N–H and O–H groups in total. The molecule has 1 aliphatic rings. The second kappa shape index (κ2) is 7.75. The summed E-state index contributed by atoms with van der Waals surface area (Å²) in [5.74, 6) is 1.72. The fraction of sp³-hybridized carbons (Fsp3) is 0.533. The Kier molecular flexibility index (Phi) is 5.68. The van der Waals surface area contributed by atoms with Crippen molar-refractivity contribution in [2.45, 2.75) is 12.8 Å². The highest BCUT2D eigenvalue weighted by atomic mass is 16.5. The lowest BCUT2D eigenvalue weighted by Gasteiger charge is -2.26. The lowest BCUT2D eigenvalue weighted by Crippen LogP contribution is -2.40. The maximum absolute atomic E-state index is 11.9. The van der Waals surface area contributed by atoms with E-state index in [9.17, 15) is 4.79 Å². The Labute approximate surface area is 119 Å². The van der Waals surface area contributed by atoms with Gasteiger partial charge in [0.25, 0.3) is 0 Å². The van der Waals surface area contributed by atoms with Gasteiger partial charge in [0.15, 0.2) is 0 Å². The Hall–Kier alpha value is -1.75. The third kappa shape index (κ3) is 4.42. The summed E-state index contributed by atoms with van der Waals surface area (Å²) in [5, 5.41) is 0. The number of hydrogen-bond donors (Lipinski definition) is 0. The maximum atomic E-state index is 11.9. The molecule has 1 fully saturated rings. The number of morpholine rings is 1. The van der Waals surface area contributed by atoms with Crippen LogP contribution < -0.4 is 9.47 Å². The number of nitrogens with zero attached hydrogens (tertiary/aromatic N) is 1. The molecule has 20 heavy (non-hydrogen) atoms. The van der Waals surface area contributed by atoms with Crippen LogP contribution in [0.3, 0.4) is 0 Å². The molecular weight excluding hydrogens is 258 g/mol. The minimum Gasteiger partial charge on any atom is -0.497 e. The maximum Gasteiger partial charge on any atom is 0.222 e. The van der Waals surface area contributed by atoms with Gasteiger partial charge >= 0.3 is 0 Å². The third-order valence-corrected chi connectivity index (χ3v) is 3.21. The van der Waals surface area contributed by atoms with Crippen molar-refractivity contribution >= 4 is 5.91 Å². The molecule has 0 aromatic heterocycles. The number of benzene rings is 1. The van der Waals surface area contributed by atoms with Crippen molar-refractivity contribution in [3.05, 3.63) is 24.3 Å². The zero-order valence-corrected chi connectivity index (χ0v) is 11.8. The lowest BCUT2D eigenvalue weighted by atomic mass is 10.2. The monoisotopic (exact) mass is 279 g/mol. The highest BCUT2D eigenvalue weighted by Crippen LogP contribution is 2.19. The van der Waals surface area contributed by atoms with Crippen LogP contribution in [-0.4, -0.2) is 50.8 Å². The number of methoxy groups -OCH3 is 1. The molecule has 1 aliphatic heterocycles. The average Bonchev–Trinajstić information content (AvgIpc) is 2.52. The van der Waals surface area contributed by atoms with Gasteiger partial charge in [-0.3, -0.25) is 4.79 Å². The van der Waals surface area contributed by atoms with Crippen LogP contribution in [0.1, 0.15) is 12.8 Å². The molecule has 1 heterocycles. The highest BCUT2D eigenvalue weighted by Gasteiger charge is 2.15. The smallest absolute Gasteiger partial charge is 0.222 e. The SMILES string of the molecule is COc1cccc(OCCCC(=O)N2CCOCC2)c1. The molecule has 0 bridgehead atoms. The van der Waals surface area contributed by atoms with Crippen LogP contribution in [0.15, 0.2) is 24.3 Å². The molecule has 0 radical (unpaired) electrons. The van der Waals surface area contributed by atoms with Crippen molar-refractivity contribution in [1.29, 1.82) is 0 Å². The van der Waals surface area contributed by atoms with E-state index in [-0.39, 0.29) is 5.91 Å². The van der Waals surface area contributed by atoms with Crippen LogP contribution in [0, 0.1) is 0 Å². The van der Waals surface area contributed by atoms with E-state index in [1.54, 1.807) is 7.11 Å². The number of hydrogen-bond acceptors (Lipinski definition) is 4. The first-order chi connectivity index (χ1) is 9.79. The van der Waals surface area contributed by atoms with Crippen molar-refractivity contribution in [3.8, 4) is 11.5 Å². The molecule has 0 aliphatic carbocycles. The predicted molar refractivity (Wildman–Crippen MR) is 75.1 cm³/mol. The molecule has 1 saturated heterocycles. The van der Waals surface area contributed by atoms with Crippen LogP contribution >= 0.6 is 0 Å². The van der Waals surface area contributed by atoms with Gasteiger partial charge in [-0.1, -0.05) is 6.07 Å². The fourth-order valence-electron chi connectivity index (χ4n) is 2.08. The molecule has 2 rings (SSSR count). The quantitative estimate of drug-likeness (QED) is 0.744. The molecule has 1 aromatic carbocycles. The van der Waals surface area contributed by atoms with Crippen molar-refractivity contribution in [2.75, 3.05) is 40.0 Å². The Balaban J connectivity index is 1.66. The zero-order chi connectivity index (χ0) is 14.2. The molecule has 1 amide bonds. The molecule has 0 saturated carbocycles. The van der Waals surface area contributed by atoms with Gasteiger partial charge in [-0.05, 0) is 18.6 Å². The van der Waals surface area contributed by atoms with Gasteiger partial charge in [0, 0.05) is 25.6 Å². The molecule has 5 heteroatoms. The van der Waals surface area contributed by atoms with Crippen molar-refractivity contribution in [3.63, 3.8) is 0 Å². The minimum atomic E-state index is 0.183. The fourth-order valence-corrected chi connectivity index (χ4v) is 2.08. The van der Waals surface area contributed by atoms with Crippen molar-refractivity contribution in [1.82, 2.24) is 4.90 Å². The molecule has 110 valence electrons. The van der Waals surface area contributed by atoms with Gasteiger partial charge in [-0.15, -0.1) is 0 Å². The molecule has 0 atom stereocenters. The largest absolute Gasteiger partial charge is 0.497 e. The minimum absolute atomic E-state index is 0.183.